The molecule has 0 spiro atoms. The van der Waals surface area contributed by atoms with Gasteiger partial charge in [-0.15, -0.1) is 0 Å². The molecule has 1 heterocycles. The Kier molecular flexibility index (Phi) is 5.82. The third kappa shape index (κ3) is 3.33. The van der Waals surface area contributed by atoms with Gasteiger partial charge in [-0.1, -0.05) is 26.7 Å². The van der Waals surface area contributed by atoms with Crippen molar-refractivity contribution in [3.05, 3.63) is 18.2 Å². The molecular weight excluding hydrogens is 224 g/mol. The first-order valence-corrected chi connectivity index (χ1v) is 6.97. The first-order valence-electron chi connectivity index (χ1n) is 6.97. The van der Waals surface area contributed by atoms with Crippen LogP contribution in [0.1, 0.15) is 45.4 Å². The summed E-state index contributed by atoms with van der Waals surface area (Å²) in [7, 11) is 4.21. The van der Waals surface area contributed by atoms with E-state index >= 15 is 0 Å². The smallest absolute Gasteiger partial charge is 0.122 e. The van der Waals surface area contributed by atoms with E-state index in [0.29, 0.717) is 6.54 Å². The maximum Gasteiger partial charge on any atom is 0.122 e. The number of aryl methyl sites for hydroxylation is 1. The number of hydrogen-bond acceptors (Lipinski definition) is 3. The van der Waals surface area contributed by atoms with Gasteiger partial charge in [0.1, 0.15) is 5.82 Å². The van der Waals surface area contributed by atoms with Crippen molar-refractivity contribution in [1.29, 1.82) is 0 Å². The lowest BCUT2D eigenvalue weighted by Gasteiger charge is -2.40. The van der Waals surface area contributed by atoms with Gasteiger partial charge in [-0.25, -0.2) is 4.98 Å². The molecule has 0 radical (unpaired) electrons. The average Bonchev–Trinajstić information content (AvgIpc) is 2.77. The number of imidazole rings is 1. The van der Waals surface area contributed by atoms with Gasteiger partial charge >= 0.3 is 0 Å². The van der Waals surface area contributed by atoms with Crippen LogP contribution in [0.2, 0.25) is 0 Å². The highest BCUT2D eigenvalue weighted by atomic mass is 15.2. The van der Waals surface area contributed by atoms with Gasteiger partial charge in [0.15, 0.2) is 0 Å². The minimum absolute atomic E-state index is 0.113. The van der Waals surface area contributed by atoms with Crippen LogP contribution in [0.15, 0.2) is 12.4 Å². The summed E-state index contributed by atoms with van der Waals surface area (Å²) >= 11 is 0. The second kappa shape index (κ2) is 6.90. The van der Waals surface area contributed by atoms with Crippen molar-refractivity contribution < 1.29 is 0 Å². The van der Waals surface area contributed by atoms with E-state index in [4.69, 9.17) is 5.73 Å². The Labute approximate surface area is 111 Å². The molecule has 1 atom stereocenters. The molecule has 1 rings (SSSR count). The van der Waals surface area contributed by atoms with Crippen molar-refractivity contribution in [3.63, 3.8) is 0 Å². The van der Waals surface area contributed by atoms with E-state index in [-0.39, 0.29) is 5.54 Å². The Morgan fingerprint density at radius 1 is 1.44 bits per heavy atom. The molecule has 1 aromatic heterocycles. The quantitative estimate of drug-likeness (QED) is 0.771. The molecule has 18 heavy (non-hydrogen) atoms. The second-order valence-electron chi connectivity index (χ2n) is 5.20. The number of rotatable bonds is 8. The monoisotopic (exact) mass is 252 g/mol. The SMILES string of the molecule is CCCCC(CC)(CN)N(C)Cc1nccn1C. The van der Waals surface area contributed by atoms with Crippen LogP contribution in [0.5, 0.6) is 0 Å². The zero-order valence-corrected chi connectivity index (χ0v) is 12.3. The minimum Gasteiger partial charge on any atom is -0.337 e. The molecule has 4 heteroatoms. The molecule has 1 unspecified atom stereocenters. The van der Waals surface area contributed by atoms with Crippen molar-refractivity contribution in [2.24, 2.45) is 12.8 Å². The molecule has 0 aliphatic carbocycles. The number of hydrogen-bond donors (Lipinski definition) is 1. The molecule has 0 bridgehead atoms. The number of aromatic nitrogens is 2. The summed E-state index contributed by atoms with van der Waals surface area (Å²) < 4.78 is 2.08. The third-order valence-electron chi connectivity index (χ3n) is 4.14. The first kappa shape index (κ1) is 15.2. The van der Waals surface area contributed by atoms with Crippen molar-refractivity contribution in [2.75, 3.05) is 13.6 Å². The molecule has 0 aliphatic rings. The molecule has 4 nitrogen and oxygen atoms in total. The Balaban J connectivity index is 2.75. The van der Waals surface area contributed by atoms with Gasteiger partial charge in [-0.3, -0.25) is 4.90 Å². The molecule has 0 amide bonds. The highest BCUT2D eigenvalue weighted by Gasteiger charge is 2.31. The lowest BCUT2D eigenvalue weighted by atomic mass is 9.88. The molecule has 0 saturated heterocycles. The van der Waals surface area contributed by atoms with Gasteiger partial charge in [-0.05, 0) is 19.9 Å². The van der Waals surface area contributed by atoms with E-state index in [1.54, 1.807) is 0 Å². The van der Waals surface area contributed by atoms with E-state index in [0.717, 1.165) is 25.2 Å². The van der Waals surface area contributed by atoms with Crippen molar-refractivity contribution in [3.8, 4) is 0 Å². The Morgan fingerprint density at radius 3 is 2.61 bits per heavy atom. The molecule has 0 saturated carbocycles. The van der Waals surface area contributed by atoms with E-state index in [9.17, 15) is 0 Å². The highest BCUT2D eigenvalue weighted by Crippen LogP contribution is 2.25. The normalized spacial score (nSPS) is 15.0. The summed E-state index contributed by atoms with van der Waals surface area (Å²) in [6, 6.07) is 0. The maximum absolute atomic E-state index is 6.06. The summed E-state index contributed by atoms with van der Waals surface area (Å²) in [5, 5.41) is 0. The van der Waals surface area contributed by atoms with Gasteiger partial charge in [0.25, 0.3) is 0 Å². The zero-order chi connectivity index (χ0) is 13.6. The van der Waals surface area contributed by atoms with Gasteiger partial charge in [0, 0.05) is 31.5 Å². The molecule has 0 aromatic carbocycles. The number of likely N-dealkylation sites (N-methyl/N-ethyl adjacent to an activating group) is 1. The minimum atomic E-state index is 0.113. The number of nitrogens with two attached hydrogens (primary N) is 1. The fourth-order valence-corrected chi connectivity index (χ4v) is 2.47. The second-order valence-corrected chi connectivity index (χ2v) is 5.20. The molecule has 1 aromatic rings. The van der Waals surface area contributed by atoms with Crippen LogP contribution in [0.3, 0.4) is 0 Å². The largest absolute Gasteiger partial charge is 0.337 e. The summed E-state index contributed by atoms with van der Waals surface area (Å²) in [5.41, 5.74) is 6.17. The Hall–Kier alpha value is -0.870. The van der Waals surface area contributed by atoms with Gasteiger partial charge in [-0.2, -0.15) is 0 Å². The van der Waals surface area contributed by atoms with Crippen molar-refractivity contribution in [1.82, 2.24) is 14.5 Å². The van der Waals surface area contributed by atoms with E-state index < -0.39 is 0 Å². The van der Waals surface area contributed by atoms with Crippen LogP contribution in [-0.4, -0.2) is 33.6 Å². The summed E-state index contributed by atoms with van der Waals surface area (Å²) in [5.74, 6) is 1.10. The number of nitrogens with zero attached hydrogens (tertiary/aromatic N) is 3. The zero-order valence-electron chi connectivity index (χ0n) is 12.3. The summed E-state index contributed by atoms with van der Waals surface area (Å²) in [4.78, 5) is 6.78. The van der Waals surface area contributed by atoms with E-state index in [2.05, 4.69) is 35.3 Å². The lowest BCUT2D eigenvalue weighted by molar-refractivity contribution is 0.0962. The fraction of sp³-hybridized carbons (Fsp3) is 0.786. The summed E-state index contributed by atoms with van der Waals surface area (Å²) in [6.45, 7) is 6.04. The van der Waals surface area contributed by atoms with Gasteiger partial charge in [0.2, 0.25) is 0 Å². The topological polar surface area (TPSA) is 47.1 Å². The Morgan fingerprint density at radius 2 is 2.17 bits per heavy atom. The predicted molar refractivity (Wildman–Crippen MR) is 76.3 cm³/mol. The van der Waals surface area contributed by atoms with Crippen LogP contribution in [0.4, 0.5) is 0 Å². The van der Waals surface area contributed by atoms with Crippen LogP contribution in [0, 0.1) is 0 Å². The average molecular weight is 252 g/mol. The van der Waals surface area contributed by atoms with Gasteiger partial charge in [0.05, 0.1) is 6.54 Å². The standard InChI is InChI=1S/C14H28N4/c1-5-7-8-14(6-2,12-15)18(4)11-13-16-9-10-17(13)3/h9-10H,5-8,11-12,15H2,1-4H3. The van der Waals surface area contributed by atoms with Crippen LogP contribution >= 0.6 is 0 Å². The highest BCUT2D eigenvalue weighted by molar-refractivity contribution is 4.96. The molecule has 104 valence electrons. The van der Waals surface area contributed by atoms with E-state index in [1.807, 2.05) is 19.4 Å². The molecule has 0 fully saturated rings. The van der Waals surface area contributed by atoms with Crippen LogP contribution in [-0.2, 0) is 13.6 Å². The van der Waals surface area contributed by atoms with Crippen LogP contribution < -0.4 is 5.73 Å². The molecule has 0 aliphatic heterocycles. The first-order chi connectivity index (χ1) is 8.59. The van der Waals surface area contributed by atoms with Crippen molar-refractivity contribution >= 4 is 0 Å². The number of unbranched alkanes of at least 4 members (excludes halogenated alkanes) is 1. The third-order valence-corrected chi connectivity index (χ3v) is 4.14. The Bertz CT molecular complexity index is 341. The van der Waals surface area contributed by atoms with E-state index in [1.165, 1.54) is 12.8 Å². The van der Waals surface area contributed by atoms with Crippen molar-refractivity contribution in [2.45, 2.75) is 51.6 Å². The molecular formula is C14H28N4. The predicted octanol–water partition coefficient (Wildman–Crippen LogP) is 2.15. The molecule has 2 N–H and O–H groups in total. The van der Waals surface area contributed by atoms with Crippen LogP contribution in [0.25, 0.3) is 0 Å². The maximum atomic E-state index is 6.06. The fourth-order valence-electron chi connectivity index (χ4n) is 2.47. The lowest BCUT2D eigenvalue weighted by Crippen LogP contribution is -2.51. The van der Waals surface area contributed by atoms with Gasteiger partial charge < -0.3 is 10.3 Å². The summed E-state index contributed by atoms with van der Waals surface area (Å²) in [6.07, 6.45) is 8.55.